The molecule has 1 heterocycles. The molecule has 1 aliphatic carbocycles. The summed E-state index contributed by atoms with van der Waals surface area (Å²) in [6.45, 7) is 3.12. The fourth-order valence-corrected chi connectivity index (χ4v) is 2.89. The SMILES string of the molecule is O=C(CCC1CCNCC1)NCC1CC=CCC1. The second-order valence-electron chi connectivity index (χ2n) is 5.69. The normalized spacial score (nSPS) is 25.0. The van der Waals surface area contributed by atoms with E-state index < -0.39 is 0 Å². The van der Waals surface area contributed by atoms with E-state index in [0.717, 1.165) is 38.4 Å². The molecule has 1 amide bonds. The third kappa shape index (κ3) is 4.81. The molecule has 3 heteroatoms. The Morgan fingerprint density at radius 1 is 1.17 bits per heavy atom. The zero-order valence-corrected chi connectivity index (χ0v) is 11.3. The molecule has 1 atom stereocenters. The van der Waals surface area contributed by atoms with Crippen LogP contribution in [0.25, 0.3) is 0 Å². The minimum Gasteiger partial charge on any atom is -0.356 e. The molecule has 1 unspecified atom stereocenters. The topological polar surface area (TPSA) is 41.1 Å². The molecule has 2 aliphatic rings. The maximum Gasteiger partial charge on any atom is 0.220 e. The lowest BCUT2D eigenvalue weighted by Crippen LogP contribution is -2.31. The van der Waals surface area contributed by atoms with Crippen LogP contribution in [0.3, 0.4) is 0 Å². The largest absolute Gasteiger partial charge is 0.356 e. The van der Waals surface area contributed by atoms with E-state index >= 15 is 0 Å². The minimum absolute atomic E-state index is 0.253. The van der Waals surface area contributed by atoms with Gasteiger partial charge in [0.1, 0.15) is 0 Å². The van der Waals surface area contributed by atoms with E-state index in [1.54, 1.807) is 0 Å². The highest BCUT2D eigenvalue weighted by atomic mass is 16.1. The van der Waals surface area contributed by atoms with Gasteiger partial charge in [0.15, 0.2) is 0 Å². The number of amides is 1. The number of nitrogens with one attached hydrogen (secondary N) is 2. The van der Waals surface area contributed by atoms with Crippen molar-refractivity contribution < 1.29 is 4.79 Å². The molecule has 0 bridgehead atoms. The molecular formula is C15H26N2O. The Kier molecular flexibility index (Phi) is 5.72. The number of hydrogen-bond donors (Lipinski definition) is 2. The molecule has 2 rings (SSSR count). The van der Waals surface area contributed by atoms with Gasteiger partial charge in [-0.15, -0.1) is 0 Å². The molecule has 1 fully saturated rings. The summed E-state index contributed by atoms with van der Waals surface area (Å²) >= 11 is 0. The van der Waals surface area contributed by atoms with Crippen molar-refractivity contribution in [2.75, 3.05) is 19.6 Å². The third-order valence-corrected chi connectivity index (χ3v) is 4.20. The van der Waals surface area contributed by atoms with Gasteiger partial charge in [-0.05, 0) is 63.5 Å². The van der Waals surface area contributed by atoms with Gasteiger partial charge in [0.2, 0.25) is 5.91 Å². The maximum atomic E-state index is 11.8. The van der Waals surface area contributed by atoms with Crippen molar-refractivity contribution in [3.05, 3.63) is 12.2 Å². The van der Waals surface area contributed by atoms with Crippen molar-refractivity contribution in [2.24, 2.45) is 11.8 Å². The molecule has 0 aromatic rings. The molecule has 0 spiro atoms. The predicted octanol–water partition coefficient (Wildman–Crippen LogP) is 2.24. The van der Waals surface area contributed by atoms with Crippen LogP contribution in [0.15, 0.2) is 12.2 Å². The van der Waals surface area contributed by atoms with Crippen molar-refractivity contribution >= 4 is 5.91 Å². The lowest BCUT2D eigenvalue weighted by Gasteiger charge is -2.22. The van der Waals surface area contributed by atoms with Gasteiger partial charge < -0.3 is 10.6 Å². The molecule has 0 radical (unpaired) electrons. The molecule has 0 aromatic carbocycles. The number of allylic oxidation sites excluding steroid dienone is 2. The highest BCUT2D eigenvalue weighted by Gasteiger charge is 2.15. The summed E-state index contributed by atoms with van der Waals surface area (Å²) in [6.07, 6.45) is 12.3. The van der Waals surface area contributed by atoms with Crippen LogP contribution in [0.5, 0.6) is 0 Å². The van der Waals surface area contributed by atoms with Gasteiger partial charge in [0.05, 0.1) is 0 Å². The minimum atomic E-state index is 0.253. The van der Waals surface area contributed by atoms with Gasteiger partial charge in [-0.3, -0.25) is 4.79 Å². The number of carbonyl (C=O) groups excluding carboxylic acids is 1. The molecule has 2 N–H and O–H groups in total. The first-order chi connectivity index (χ1) is 8.84. The fraction of sp³-hybridized carbons (Fsp3) is 0.800. The Balaban J connectivity index is 1.55. The molecule has 0 aromatic heterocycles. The van der Waals surface area contributed by atoms with Crippen LogP contribution in [0, 0.1) is 11.8 Å². The van der Waals surface area contributed by atoms with Crippen LogP contribution in [0.4, 0.5) is 0 Å². The quantitative estimate of drug-likeness (QED) is 0.735. The Hall–Kier alpha value is -0.830. The van der Waals surface area contributed by atoms with Crippen molar-refractivity contribution in [3.63, 3.8) is 0 Å². The first kappa shape index (κ1) is 13.6. The lowest BCUT2D eigenvalue weighted by molar-refractivity contribution is -0.121. The number of carbonyl (C=O) groups is 1. The smallest absolute Gasteiger partial charge is 0.220 e. The molecule has 18 heavy (non-hydrogen) atoms. The molecule has 1 saturated heterocycles. The number of rotatable bonds is 5. The van der Waals surface area contributed by atoms with Crippen LogP contribution < -0.4 is 10.6 Å². The van der Waals surface area contributed by atoms with Gasteiger partial charge in [0.25, 0.3) is 0 Å². The van der Waals surface area contributed by atoms with E-state index in [2.05, 4.69) is 22.8 Å². The Morgan fingerprint density at radius 3 is 2.72 bits per heavy atom. The molecule has 1 aliphatic heterocycles. The second kappa shape index (κ2) is 7.57. The highest BCUT2D eigenvalue weighted by Crippen LogP contribution is 2.18. The summed E-state index contributed by atoms with van der Waals surface area (Å²) in [5.74, 6) is 1.68. The summed E-state index contributed by atoms with van der Waals surface area (Å²) in [6, 6.07) is 0. The van der Waals surface area contributed by atoms with Crippen LogP contribution in [0.2, 0.25) is 0 Å². The summed E-state index contributed by atoms with van der Waals surface area (Å²) in [5, 5.41) is 6.47. The van der Waals surface area contributed by atoms with E-state index in [9.17, 15) is 4.79 Å². The number of piperidine rings is 1. The summed E-state index contributed by atoms with van der Waals surface area (Å²) in [5.41, 5.74) is 0. The van der Waals surface area contributed by atoms with Crippen molar-refractivity contribution in [1.29, 1.82) is 0 Å². The summed E-state index contributed by atoms with van der Waals surface area (Å²) in [4.78, 5) is 11.8. The Labute approximate surface area is 110 Å². The Bertz CT molecular complexity index is 282. The van der Waals surface area contributed by atoms with E-state index in [1.807, 2.05) is 0 Å². The molecular weight excluding hydrogens is 224 g/mol. The van der Waals surface area contributed by atoms with E-state index in [0.29, 0.717) is 12.3 Å². The molecule has 3 nitrogen and oxygen atoms in total. The van der Waals surface area contributed by atoms with Crippen molar-refractivity contribution in [3.8, 4) is 0 Å². The average molecular weight is 250 g/mol. The van der Waals surface area contributed by atoms with Gasteiger partial charge in [0, 0.05) is 13.0 Å². The van der Waals surface area contributed by atoms with Gasteiger partial charge in [-0.25, -0.2) is 0 Å². The van der Waals surface area contributed by atoms with Gasteiger partial charge in [-0.1, -0.05) is 12.2 Å². The zero-order chi connectivity index (χ0) is 12.6. The molecule has 0 saturated carbocycles. The van der Waals surface area contributed by atoms with Crippen LogP contribution in [0.1, 0.15) is 44.9 Å². The zero-order valence-electron chi connectivity index (χ0n) is 11.3. The summed E-state index contributed by atoms with van der Waals surface area (Å²) in [7, 11) is 0. The van der Waals surface area contributed by atoms with Crippen LogP contribution >= 0.6 is 0 Å². The monoisotopic (exact) mass is 250 g/mol. The first-order valence-electron chi connectivity index (χ1n) is 7.47. The average Bonchev–Trinajstić information content (AvgIpc) is 2.45. The third-order valence-electron chi connectivity index (χ3n) is 4.20. The van der Waals surface area contributed by atoms with Crippen molar-refractivity contribution in [2.45, 2.75) is 44.9 Å². The standard InChI is InChI=1S/C15H26N2O/c18-15(7-6-13-8-10-16-11-9-13)17-12-14-4-2-1-3-5-14/h1-2,13-14,16H,3-12H2,(H,17,18). The highest BCUT2D eigenvalue weighted by molar-refractivity contribution is 5.75. The van der Waals surface area contributed by atoms with Crippen molar-refractivity contribution in [1.82, 2.24) is 10.6 Å². The van der Waals surface area contributed by atoms with E-state index in [-0.39, 0.29) is 5.91 Å². The predicted molar refractivity (Wildman–Crippen MR) is 74.3 cm³/mol. The lowest BCUT2D eigenvalue weighted by atomic mass is 9.92. The van der Waals surface area contributed by atoms with Gasteiger partial charge >= 0.3 is 0 Å². The fourth-order valence-electron chi connectivity index (χ4n) is 2.89. The first-order valence-corrected chi connectivity index (χ1v) is 7.47. The second-order valence-corrected chi connectivity index (χ2v) is 5.69. The molecule has 102 valence electrons. The Morgan fingerprint density at radius 2 is 2.00 bits per heavy atom. The van der Waals surface area contributed by atoms with Crippen LogP contribution in [-0.4, -0.2) is 25.5 Å². The maximum absolute atomic E-state index is 11.8. The number of hydrogen-bond acceptors (Lipinski definition) is 2. The van der Waals surface area contributed by atoms with Gasteiger partial charge in [-0.2, -0.15) is 0 Å². The summed E-state index contributed by atoms with van der Waals surface area (Å²) < 4.78 is 0. The van der Waals surface area contributed by atoms with Crippen LogP contribution in [-0.2, 0) is 4.79 Å². The van der Waals surface area contributed by atoms with E-state index in [4.69, 9.17) is 0 Å². The van der Waals surface area contributed by atoms with E-state index in [1.165, 1.54) is 25.7 Å².